The van der Waals surface area contributed by atoms with Gasteiger partial charge in [0.1, 0.15) is 11.8 Å². The van der Waals surface area contributed by atoms with Crippen LogP contribution >= 0.6 is 0 Å². The minimum Gasteiger partial charge on any atom is -0.393 e. The van der Waals surface area contributed by atoms with Crippen molar-refractivity contribution >= 4 is 0 Å². The predicted molar refractivity (Wildman–Crippen MR) is 131 cm³/mol. The van der Waals surface area contributed by atoms with Gasteiger partial charge in [-0.25, -0.2) is 4.39 Å². The Morgan fingerprint density at radius 1 is 1.25 bits per heavy atom. The van der Waals surface area contributed by atoms with Gasteiger partial charge in [0.05, 0.1) is 6.10 Å². The Bertz CT molecular complexity index is 886. The summed E-state index contributed by atoms with van der Waals surface area (Å²) in [7, 11) is 0. The number of fused-ring (bicyclic) bond motifs is 1. The van der Waals surface area contributed by atoms with E-state index in [9.17, 15) is 14.6 Å². The summed E-state index contributed by atoms with van der Waals surface area (Å²) in [4.78, 5) is 0. The van der Waals surface area contributed by atoms with Crippen LogP contribution < -0.4 is 0 Å². The topological polar surface area (TPSA) is 40.5 Å². The molecule has 0 radical (unpaired) electrons. The third kappa shape index (κ3) is 5.64. The summed E-state index contributed by atoms with van der Waals surface area (Å²) in [6.07, 6.45) is 11.8. The second kappa shape index (κ2) is 9.32. The number of halogens is 1. The third-order valence-electron chi connectivity index (χ3n) is 7.72. The molecule has 0 aromatic heterocycles. The average molecular weight is 441 g/mol. The SMILES string of the molecule is C=C1/C(=C\C=C2/CCC[C@]3(C)C(C(C)(C)CC#CC(C)(C)O)=CC[C@H]3C2)C[C@@H](O)C[C@@H]1F. The molecule has 0 spiro atoms. The molecule has 176 valence electrons. The fourth-order valence-corrected chi connectivity index (χ4v) is 5.94. The first-order valence-electron chi connectivity index (χ1n) is 12.2. The van der Waals surface area contributed by atoms with Crippen molar-refractivity contribution in [3.63, 3.8) is 0 Å². The minimum atomic E-state index is -1.14. The van der Waals surface area contributed by atoms with Crippen molar-refractivity contribution in [3.8, 4) is 11.8 Å². The molecule has 2 nitrogen and oxygen atoms in total. The molecule has 0 aliphatic heterocycles. The van der Waals surface area contributed by atoms with Crippen LogP contribution in [0.15, 0.2) is 47.1 Å². The Kier molecular flexibility index (Phi) is 7.28. The lowest BCUT2D eigenvalue weighted by atomic mass is 9.63. The van der Waals surface area contributed by atoms with E-state index in [-0.39, 0.29) is 17.3 Å². The molecular weight excluding hydrogens is 399 g/mol. The van der Waals surface area contributed by atoms with Crippen molar-refractivity contribution in [3.05, 3.63) is 47.1 Å². The number of rotatable bonds is 3. The Morgan fingerprint density at radius 3 is 2.66 bits per heavy atom. The van der Waals surface area contributed by atoms with E-state index in [4.69, 9.17) is 0 Å². The summed E-state index contributed by atoms with van der Waals surface area (Å²) < 4.78 is 14.1. The maximum absolute atomic E-state index is 14.1. The predicted octanol–water partition coefficient (Wildman–Crippen LogP) is 6.61. The molecule has 0 heterocycles. The summed E-state index contributed by atoms with van der Waals surface area (Å²) >= 11 is 0. The molecule has 4 atom stereocenters. The van der Waals surface area contributed by atoms with Gasteiger partial charge in [-0.05, 0) is 80.3 Å². The molecule has 0 unspecified atom stereocenters. The van der Waals surface area contributed by atoms with Crippen LogP contribution in [0.1, 0.15) is 86.0 Å². The van der Waals surface area contributed by atoms with Gasteiger partial charge in [0.2, 0.25) is 0 Å². The van der Waals surface area contributed by atoms with E-state index in [1.54, 1.807) is 13.8 Å². The second-order valence-electron chi connectivity index (χ2n) is 11.6. The minimum absolute atomic E-state index is 0.0237. The van der Waals surface area contributed by atoms with Gasteiger partial charge < -0.3 is 10.2 Å². The van der Waals surface area contributed by atoms with Gasteiger partial charge in [-0.2, -0.15) is 0 Å². The molecule has 0 amide bonds. The molecule has 32 heavy (non-hydrogen) atoms. The first-order valence-corrected chi connectivity index (χ1v) is 12.2. The lowest BCUT2D eigenvalue weighted by Crippen LogP contribution is -2.31. The van der Waals surface area contributed by atoms with Gasteiger partial charge in [0.25, 0.3) is 0 Å². The lowest BCUT2D eigenvalue weighted by Gasteiger charge is -2.40. The first-order chi connectivity index (χ1) is 14.8. The second-order valence-corrected chi connectivity index (χ2v) is 11.6. The van der Waals surface area contributed by atoms with Crippen molar-refractivity contribution in [2.75, 3.05) is 0 Å². The molecule has 0 saturated heterocycles. The van der Waals surface area contributed by atoms with Gasteiger partial charge in [-0.1, -0.05) is 68.6 Å². The van der Waals surface area contributed by atoms with Crippen LogP contribution in [0.2, 0.25) is 0 Å². The first kappa shape index (κ1) is 25.0. The van der Waals surface area contributed by atoms with Gasteiger partial charge >= 0.3 is 0 Å². The highest BCUT2D eigenvalue weighted by Crippen LogP contribution is 2.57. The largest absolute Gasteiger partial charge is 0.393 e. The van der Waals surface area contributed by atoms with Gasteiger partial charge in [-0.3, -0.25) is 0 Å². The molecular formula is C29H41FO2. The summed E-state index contributed by atoms with van der Waals surface area (Å²) in [5.74, 6) is 6.77. The molecule has 3 aliphatic rings. The van der Waals surface area contributed by atoms with Gasteiger partial charge in [-0.15, -0.1) is 0 Å². The highest BCUT2D eigenvalue weighted by Gasteiger charge is 2.47. The van der Waals surface area contributed by atoms with Crippen molar-refractivity contribution in [2.24, 2.45) is 16.7 Å². The van der Waals surface area contributed by atoms with Crippen molar-refractivity contribution < 1.29 is 14.6 Å². The van der Waals surface area contributed by atoms with Gasteiger partial charge in [0, 0.05) is 12.8 Å². The number of allylic oxidation sites excluding steroid dienone is 6. The normalized spacial score (nSPS) is 34.1. The van der Waals surface area contributed by atoms with Crippen LogP contribution in [0.4, 0.5) is 4.39 Å². The van der Waals surface area contributed by atoms with Crippen molar-refractivity contribution in [2.45, 2.75) is 104 Å². The molecule has 3 aliphatic carbocycles. The van der Waals surface area contributed by atoms with E-state index in [2.05, 4.69) is 51.3 Å². The Balaban J connectivity index is 1.75. The molecule has 0 bridgehead atoms. The van der Waals surface area contributed by atoms with E-state index in [0.29, 0.717) is 17.9 Å². The maximum Gasteiger partial charge on any atom is 0.127 e. The highest BCUT2D eigenvalue weighted by molar-refractivity contribution is 5.39. The molecule has 0 aromatic rings. The summed E-state index contributed by atoms with van der Waals surface area (Å²) in [6, 6.07) is 0. The number of alkyl halides is 1. The average Bonchev–Trinajstić information content (AvgIpc) is 2.89. The Hall–Kier alpha value is -1.63. The quantitative estimate of drug-likeness (QED) is 0.383. The Labute approximate surface area is 194 Å². The van der Waals surface area contributed by atoms with E-state index >= 15 is 0 Å². The summed E-state index contributed by atoms with van der Waals surface area (Å²) in [5.41, 5.74) is 3.51. The zero-order valence-corrected chi connectivity index (χ0v) is 20.6. The fraction of sp³-hybridized carbons (Fsp3) is 0.655. The highest BCUT2D eigenvalue weighted by atomic mass is 19.1. The molecule has 2 N–H and O–H groups in total. The van der Waals surface area contributed by atoms with Gasteiger partial charge in [0.15, 0.2) is 0 Å². The van der Waals surface area contributed by atoms with Crippen LogP contribution in [-0.2, 0) is 0 Å². The standard InChI is InChI=1S/C29H41FO2/c1-20-22(18-24(31)19-25(20)30)11-10-21-9-7-16-29(6)23(17-21)12-13-26(29)27(2,3)14-8-15-28(4,5)32/h10-11,13,23-25,31-32H,1,7,9,12,14,16-19H2,2-6H3/b21-10+,22-11-/t23-,24+,25-,29-/m0/s1. The van der Waals surface area contributed by atoms with Crippen LogP contribution in [0.3, 0.4) is 0 Å². The third-order valence-corrected chi connectivity index (χ3v) is 7.72. The number of aliphatic hydroxyl groups excluding tert-OH is 1. The van der Waals surface area contributed by atoms with Crippen LogP contribution in [0, 0.1) is 28.6 Å². The monoisotopic (exact) mass is 440 g/mol. The smallest absolute Gasteiger partial charge is 0.127 e. The zero-order chi connectivity index (χ0) is 23.7. The van der Waals surface area contributed by atoms with E-state index < -0.39 is 17.9 Å². The molecule has 3 rings (SSSR count). The van der Waals surface area contributed by atoms with Crippen molar-refractivity contribution in [1.29, 1.82) is 0 Å². The number of hydrogen-bond donors (Lipinski definition) is 2. The van der Waals surface area contributed by atoms with Crippen molar-refractivity contribution in [1.82, 2.24) is 0 Å². The fourth-order valence-electron chi connectivity index (χ4n) is 5.94. The molecule has 2 fully saturated rings. The van der Waals surface area contributed by atoms with E-state index in [1.807, 2.05) is 6.08 Å². The molecule has 0 aromatic carbocycles. The van der Waals surface area contributed by atoms with Crippen LogP contribution in [-0.4, -0.2) is 28.1 Å². The maximum atomic E-state index is 14.1. The number of aliphatic hydroxyl groups is 2. The summed E-state index contributed by atoms with van der Waals surface area (Å²) in [6.45, 7) is 14.4. The zero-order valence-electron chi connectivity index (χ0n) is 20.6. The molecule has 2 saturated carbocycles. The Morgan fingerprint density at radius 2 is 1.97 bits per heavy atom. The van der Waals surface area contributed by atoms with Crippen LogP contribution in [0.5, 0.6) is 0 Å². The lowest BCUT2D eigenvalue weighted by molar-refractivity contribution is 0.124. The summed E-state index contributed by atoms with van der Waals surface area (Å²) in [5, 5.41) is 19.9. The van der Waals surface area contributed by atoms with E-state index in [1.165, 1.54) is 11.1 Å². The molecule has 3 heteroatoms. The van der Waals surface area contributed by atoms with Crippen LogP contribution in [0.25, 0.3) is 0 Å². The van der Waals surface area contributed by atoms with E-state index in [0.717, 1.165) is 44.1 Å². The number of hydrogen-bond acceptors (Lipinski definition) is 2.